The molecule has 144 valence electrons. The summed E-state index contributed by atoms with van der Waals surface area (Å²) in [5, 5.41) is 15.3. The zero-order valence-electron chi connectivity index (χ0n) is 15.3. The number of ether oxygens (including phenoxy) is 1. The summed E-state index contributed by atoms with van der Waals surface area (Å²) in [4.78, 5) is 6.72. The van der Waals surface area contributed by atoms with Gasteiger partial charge in [-0.05, 0) is 48.2 Å². The van der Waals surface area contributed by atoms with Crippen molar-refractivity contribution in [1.82, 2.24) is 15.0 Å². The Labute approximate surface area is 167 Å². The Hall–Kier alpha value is -2.57. The van der Waals surface area contributed by atoms with Crippen LogP contribution in [-0.2, 0) is 13.1 Å². The van der Waals surface area contributed by atoms with Crippen LogP contribution in [0.4, 0.5) is 0 Å². The van der Waals surface area contributed by atoms with Gasteiger partial charge < -0.3 is 14.4 Å². The number of hydrogen-bond acceptors (Lipinski definition) is 6. The van der Waals surface area contributed by atoms with Crippen molar-refractivity contribution in [3.05, 3.63) is 58.7 Å². The number of fused-ring (bicyclic) bond motifs is 1. The van der Waals surface area contributed by atoms with Crippen LogP contribution in [-0.4, -0.2) is 33.3 Å². The number of halogens is 1. The third-order valence-corrected chi connectivity index (χ3v) is 5.36. The van der Waals surface area contributed by atoms with Gasteiger partial charge in [-0.2, -0.15) is 4.98 Å². The number of phenols is 1. The van der Waals surface area contributed by atoms with Crippen molar-refractivity contribution in [2.24, 2.45) is 0 Å². The van der Waals surface area contributed by atoms with Crippen molar-refractivity contribution in [2.45, 2.75) is 31.8 Å². The van der Waals surface area contributed by atoms with Crippen molar-refractivity contribution >= 4 is 11.6 Å². The second-order valence-corrected chi connectivity index (χ2v) is 7.81. The number of aromatic nitrogens is 2. The van der Waals surface area contributed by atoms with Crippen LogP contribution in [0.1, 0.15) is 36.0 Å². The molecule has 0 unspecified atom stereocenters. The van der Waals surface area contributed by atoms with E-state index in [1.165, 1.54) is 0 Å². The molecule has 1 N–H and O–H groups in total. The summed E-state index contributed by atoms with van der Waals surface area (Å²) >= 11 is 6.13. The molecule has 0 bridgehead atoms. The number of nitrogens with zero attached hydrogens (tertiary/aromatic N) is 3. The lowest BCUT2D eigenvalue weighted by atomic mass is 10.0. The molecule has 6 nitrogen and oxygen atoms in total. The van der Waals surface area contributed by atoms with E-state index in [1.54, 1.807) is 6.07 Å². The first kappa shape index (κ1) is 17.5. The molecule has 1 fully saturated rings. The molecule has 3 aromatic rings. The Morgan fingerprint density at radius 1 is 1.18 bits per heavy atom. The van der Waals surface area contributed by atoms with Gasteiger partial charge in [-0.3, -0.25) is 4.90 Å². The number of benzene rings is 2. The monoisotopic (exact) mass is 397 g/mol. The Kier molecular flexibility index (Phi) is 4.45. The van der Waals surface area contributed by atoms with Gasteiger partial charge in [0.2, 0.25) is 5.89 Å². The van der Waals surface area contributed by atoms with Crippen LogP contribution in [0, 0.1) is 0 Å². The first-order chi connectivity index (χ1) is 13.7. The lowest BCUT2D eigenvalue weighted by molar-refractivity contribution is 0.211. The van der Waals surface area contributed by atoms with Crippen LogP contribution >= 0.6 is 11.6 Å². The lowest BCUT2D eigenvalue weighted by Crippen LogP contribution is -2.25. The molecule has 2 aliphatic rings. The summed E-state index contributed by atoms with van der Waals surface area (Å²) < 4.78 is 11.2. The Morgan fingerprint density at radius 2 is 2.07 bits per heavy atom. The zero-order chi connectivity index (χ0) is 19.1. The molecule has 5 rings (SSSR count). The summed E-state index contributed by atoms with van der Waals surface area (Å²) in [6.45, 7) is 2.42. The minimum Gasteiger partial charge on any atom is -0.504 e. The number of aromatic hydroxyl groups is 1. The predicted molar refractivity (Wildman–Crippen MR) is 104 cm³/mol. The fourth-order valence-electron chi connectivity index (χ4n) is 3.55. The molecule has 1 saturated carbocycles. The van der Waals surface area contributed by atoms with E-state index in [2.05, 4.69) is 15.0 Å². The van der Waals surface area contributed by atoms with E-state index in [-0.39, 0.29) is 5.75 Å². The van der Waals surface area contributed by atoms with Crippen LogP contribution in [0.25, 0.3) is 11.1 Å². The van der Waals surface area contributed by atoms with Crippen LogP contribution in [0.2, 0.25) is 5.02 Å². The third-order valence-electron chi connectivity index (χ3n) is 5.13. The van der Waals surface area contributed by atoms with E-state index in [1.807, 2.05) is 30.3 Å². The topological polar surface area (TPSA) is 71.6 Å². The quantitative estimate of drug-likeness (QED) is 0.704. The highest BCUT2D eigenvalue weighted by molar-refractivity contribution is 6.30. The molecule has 1 aliphatic carbocycles. The van der Waals surface area contributed by atoms with Gasteiger partial charge in [0.1, 0.15) is 6.61 Å². The van der Waals surface area contributed by atoms with Gasteiger partial charge >= 0.3 is 0 Å². The average Bonchev–Trinajstić information content (AvgIpc) is 3.45. The zero-order valence-corrected chi connectivity index (χ0v) is 16.0. The van der Waals surface area contributed by atoms with Gasteiger partial charge in [0.05, 0.1) is 6.54 Å². The minimum absolute atomic E-state index is 0.143. The average molecular weight is 398 g/mol. The van der Waals surface area contributed by atoms with Gasteiger partial charge in [-0.25, -0.2) is 0 Å². The van der Waals surface area contributed by atoms with E-state index >= 15 is 0 Å². The van der Waals surface area contributed by atoms with E-state index in [4.69, 9.17) is 20.9 Å². The predicted octanol–water partition coefficient (Wildman–Crippen LogP) is 4.37. The van der Waals surface area contributed by atoms with Gasteiger partial charge in [0.25, 0.3) is 0 Å². The Bertz CT molecular complexity index is 1020. The third kappa shape index (κ3) is 3.57. The maximum Gasteiger partial charge on any atom is 0.229 e. The molecular formula is C21H20ClN3O3. The van der Waals surface area contributed by atoms with Crippen LogP contribution < -0.4 is 4.74 Å². The standard InChI is InChI=1S/C21H20ClN3O3/c22-17-3-1-2-14(9-17)15-8-16-11-25(6-7-27-20(16)18(26)10-15)12-19-23-21(28-24-19)13-4-5-13/h1-3,8-10,13,26H,4-7,11-12H2. The highest BCUT2D eigenvalue weighted by Gasteiger charge is 2.30. The van der Waals surface area contributed by atoms with Crippen molar-refractivity contribution < 1.29 is 14.4 Å². The molecule has 0 saturated heterocycles. The molecule has 1 aromatic heterocycles. The molecule has 0 radical (unpaired) electrons. The van der Waals surface area contributed by atoms with E-state index in [0.29, 0.717) is 48.8 Å². The van der Waals surface area contributed by atoms with E-state index in [9.17, 15) is 5.11 Å². The molecule has 2 aromatic carbocycles. The van der Waals surface area contributed by atoms with Crippen LogP contribution in [0.15, 0.2) is 40.9 Å². The fraction of sp³-hybridized carbons (Fsp3) is 0.333. The van der Waals surface area contributed by atoms with Crippen LogP contribution in [0.5, 0.6) is 11.5 Å². The van der Waals surface area contributed by atoms with Crippen molar-refractivity contribution in [2.75, 3.05) is 13.2 Å². The highest BCUT2D eigenvalue weighted by atomic mass is 35.5. The second kappa shape index (κ2) is 7.11. The fourth-order valence-corrected chi connectivity index (χ4v) is 3.74. The summed E-state index contributed by atoms with van der Waals surface area (Å²) in [6, 6.07) is 11.4. The van der Waals surface area contributed by atoms with Crippen molar-refractivity contribution in [3.8, 4) is 22.6 Å². The maximum absolute atomic E-state index is 10.5. The molecule has 2 heterocycles. The molecule has 28 heavy (non-hydrogen) atoms. The minimum atomic E-state index is 0.143. The molecular weight excluding hydrogens is 378 g/mol. The molecule has 1 aliphatic heterocycles. The highest BCUT2D eigenvalue weighted by Crippen LogP contribution is 2.40. The Balaban J connectivity index is 1.41. The molecule has 0 atom stereocenters. The summed E-state index contributed by atoms with van der Waals surface area (Å²) in [7, 11) is 0. The molecule has 0 amide bonds. The SMILES string of the molecule is Oc1cc(-c2cccc(Cl)c2)cc2c1OCCN(Cc1noc(C3CC3)n1)C2. The van der Waals surface area contributed by atoms with Crippen LogP contribution in [0.3, 0.4) is 0 Å². The normalized spacial score (nSPS) is 17.0. The summed E-state index contributed by atoms with van der Waals surface area (Å²) in [6.07, 6.45) is 2.27. The van der Waals surface area contributed by atoms with Crippen molar-refractivity contribution in [3.63, 3.8) is 0 Å². The first-order valence-corrected chi connectivity index (χ1v) is 9.83. The molecule has 7 heteroatoms. The van der Waals surface area contributed by atoms with Gasteiger partial charge in [0.15, 0.2) is 17.3 Å². The van der Waals surface area contributed by atoms with Gasteiger partial charge in [-0.1, -0.05) is 28.9 Å². The molecule has 0 spiro atoms. The summed E-state index contributed by atoms with van der Waals surface area (Å²) in [5.41, 5.74) is 2.78. The lowest BCUT2D eigenvalue weighted by Gasteiger charge is -2.17. The summed E-state index contributed by atoms with van der Waals surface area (Å²) in [5.74, 6) is 2.58. The number of hydrogen-bond donors (Lipinski definition) is 1. The van der Waals surface area contributed by atoms with Gasteiger partial charge in [0, 0.05) is 29.6 Å². The first-order valence-electron chi connectivity index (χ1n) is 9.45. The maximum atomic E-state index is 10.5. The Morgan fingerprint density at radius 3 is 2.89 bits per heavy atom. The number of phenolic OH excluding ortho intramolecular Hbond substituents is 1. The number of rotatable bonds is 4. The smallest absolute Gasteiger partial charge is 0.229 e. The largest absolute Gasteiger partial charge is 0.504 e. The second-order valence-electron chi connectivity index (χ2n) is 7.38. The van der Waals surface area contributed by atoms with E-state index < -0.39 is 0 Å². The van der Waals surface area contributed by atoms with E-state index in [0.717, 1.165) is 35.4 Å². The van der Waals surface area contributed by atoms with Gasteiger partial charge in [-0.15, -0.1) is 0 Å². The van der Waals surface area contributed by atoms with Crippen molar-refractivity contribution in [1.29, 1.82) is 0 Å².